The summed E-state index contributed by atoms with van der Waals surface area (Å²) in [6.45, 7) is 5.85. The van der Waals surface area contributed by atoms with Gasteiger partial charge in [-0.3, -0.25) is 0 Å². The maximum absolute atomic E-state index is 12.5. The molecule has 0 N–H and O–H groups in total. The van der Waals surface area contributed by atoms with E-state index in [0.29, 0.717) is 23.7 Å². The van der Waals surface area contributed by atoms with Crippen LogP contribution in [0.15, 0.2) is 18.2 Å². The van der Waals surface area contributed by atoms with Crippen LogP contribution in [0.4, 0.5) is 5.69 Å². The molecule has 0 radical (unpaired) electrons. The van der Waals surface area contributed by atoms with Gasteiger partial charge in [0, 0.05) is 24.0 Å². The molecule has 138 valence electrons. The van der Waals surface area contributed by atoms with Gasteiger partial charge >= 0.3 is 5.97 Å². The zero-order chi connectivity index (χ0) is 18.4. The minimum absolute atomic E-state index is 0.0854. The molecule has 0 aliphatic carbocycles. The maximum Gasteiger partial charge on any atom is 0.341 e. The third-order valence-electron chi connectivity index (χ3n) is 5.00. The molecule has 1 fully saturated rings. The number of rotatable bonds is 3. The van der Waals surface area contributed by atoms with Gasteiger partial charge in [0.2, 0.25) is 0 Å². The van der Waals surface area contributed by atoms with E-state index in [1.165, 1.54) is 0 Å². The van der Waals surface area contributed by atoms with E-state index in [-0.39, 0.29) is 18.2 Å². The van der Waals surface area contributed by atoms with Crippen LogP contribution in [0, 0.1) is 0 Å². The van der Waals surface area contributed by atoms with Gasteiger partial charge in [0.1, 0.15) is 6.61 Å². The second kappa shape index (κ2) is 6.36. The van der Waals surface area contributed by atoms with Crippen molar-refractivity contribution in [2.24, 2.45) is 0 Å². The Bertz CT molecular complexity index is 868. The van der Waals surface area contributed by atoms with E-state index in [9.17, 15) is 4.79 Å². The molecule has 2 heterocycles. The maximum atomic E-state index is 12.5. The smallest absolute Gasteiger partial charge is 0.341 e. The second-order valence-electron chi connectivity index (χ2n) is 6.93. The molecule has 26 heavy (non-hydrogen) atoms. The summed E-state index contributed by atoms with van der Waals surface area (Å²) in [7, 11) is 3.24. The Hall–Kier alpha value is -2.47. The largest absolute Gasteiger partial charge is 0.493 e. The van der Waals surface area contributed by atoms with Crippen molar-refractivity contribution in [3.05, 3.63) is 29.3 Å². The quantitative estimate of drug-likeness (QED) is 0.787. The van der Waals surface area contributed by atoms with Crippen LogP contribution in [0.1, 0.15) is 29.8 Å². The number of hydrogen-bond donors (Lipinski definition) is 0. The van der Waals surface area contributed by atoms with Gasteiger partial charge in [0.15, 0.2) is 11.5 Å². The van der Waals surface area contributed by atoms with E-state index in [1.54, 1.807) is 14.2 Å². The normalized spacial score (nSPS) is 22.3. The summed E-state index contributed by atoms with van der Waals surface area (Å²) in [4.78, 5) is 14.7. The van der Waals surface area contributed by atoms with E-state index in [4.69, 9.17) is 18.9 Å². The number of morpholine rings is 1. The van der Waals surface area contributed by atoms with Crippen molar-refractivity contribution in [1.82, 2.24) is 0 Å². The molecular weight excluding hydrogens is 334 g/mol. The standard InChI is InChI=1S/C20H23NO5/c1-11-8-21(9-12(2)26-11)19-15-7-17(24-4)16(23-3)6-13(15)5-14-10-25-20(22)18(14)19/h5-7,11-12H,8-10H2,1-4H3/t11-,12+. The lowest BCUT2D eigenvalue weighted by atomic mass is 9.97. The Kier molecular flexibility index (Phi) is 4.15. The summed E-state index contributed by atoms with van der Waals surface area (Å²) in [5.41, 5.74) is 2.48. The number of nitrogens with zero attached hydrogens (tertiary/aromatic N) is 1. The first-order valence-electron chi connectivity index (χ1n) is 8.81. The van der Waals surface area contributed by atoms with Crippen molar-refractivity contribution in [2.75, 3.05) is 32.2 Å². The number of fused-ring (bicyclic) bond motifs is 2. The molecule has 6 heteroatoms. The highest BCUT2D eigenvalue weighted by atomic mass is 16.5. The predicted octanol–water partition coefficient (Wildman–Crippen LogP) is 3.14. The van der Waals surface area contributed by atoms with Crippen molar-refractivity contribution in [3.8, 4) is 11.5 Å². The second-order valence-corrected chi connectivity index (χ2v) is 6.93. The molecule has 1 saturated heterocycles. The molecule has 2 aliphatic rings. The predicted molar refractivity (Wildman–Crippen MR) is 98.4 cm³/mol. The third kappa shape index (κ3) is 2.65. The van der Waals surface area contributed by atoms with Gasteiger partial charge in [0.25, 0.3) is 0 Å². The first kappa shape index (κ1) is 17.0. The number of anilines is 1. The number of cyclic esters (lactones) is 1. The number of carbonyl (C=O) groups is 1. The summed E-state index contributed by atoms with van der Waals surface area (Å²) in [6, 6.07) is 5.91. The topological polar surface area (TPSA) is 57.2 Å². The molecule has 0 saturated carbocycles. The number of benzene rings is 2. The average Bonchev–Trinajstić information content (AvgIpc) is 2.98. The van der Waals surface area contributed by atoms with Crippen molar-refractivity contribution in [2.45, 2.75) is 32.7 Å². The van der Waals surface area contributed by atoms with Crippen LogP contribution in [0.2, 0.25) is 0 Å². The van der Waals surface area contributed by atoms with Crippen molar-refractivity contribution in [1.29, 1.82) is 0 Å². The minimum atomic E-state index is -0.265. The molecule has 0 amide bonds. The third-order valence-corrected chi connectivity index (χ3v) is 5.00. The van der Waals surface area contributed by atoms with Gasteiger partial charge < -0.3 is 23.8 Å². The summed E-state index contributed by atoms with van der Waals surface area (Å²) >= 11 is 0. The van der Waals surface area contributed by atoms with Crippen LogP contribution in [0.3, 0.4) is 0 Å². The molecular formula is C20H23NO5. The number of carbonyl (C=O) groups excluding carboxylic acids is 1. The van der Waals surface area contributed by atoms with E-state index in [0.717, 1.165) is 35.1 Å². The van der Waals surface area contributed by atoms with Crippen molar-refractivity contribution in [3.63, 3.8) is 0 Å². The van der Waals surface area contributed by atoms with Crippen LogP contribution in [0.5, 0.6) is 11.5 Å². The SMILES string of the molecule is COc1cc2cc3c(c(N4C[C@@H](C)O[C@@H](C)C4)c2cc1OC)C(=O)OC3. The monoisotopic (exact) mass is 357 g/mol. The van der Waals surface area contributed by atoms with Crippen molar-refractivity contribution < 1.29 is 23.7 Å². The van der Waals surface area contributed by atoms with E-state index in [1.807, 2.05) is 18.2 Å². The van der Waals surface area contributed by atoms with Gasteiger partial charge in [-0.25, -0.2) is 4.79 Å². The van der Waals surface area contributed by atoms with Crippen LogP contribution >= 0.6 is 0 Å². The molecule has 2 atom stereocenters. The van der Waals surface area contributed by atoms with Gasteiger partial charge in [0.05, 0.1) is 37.7 Å². The summed E-state index contributed by atoms with van der Waals surface area (Å²) in [5.74, 6) is 1.04. The lowest BCUT2D eigenvalue weighted by Gasteiger charge is -2.38. The minimum Gasteiger partial charge on any atom is -0.493 e. The molecule has 0 bridgehead atoms. The molecule has 0 aromatic heterocycles. The zero-order valence-electron chi connectivity index (χ0n) is 15.5. The number of hydrogen-bond acceptors (Lipinski definition) is 6. The first-order valence-corrected chi connectivity index (χ1v) is 8.81. The molecule has 4 rings (SSSR count). The number of esters is 1. The Morgan fingerprint density at radius 3 is 2.35 bits per heavy atom. The summed E-state index contributed by atoms with van der Waals surface area (Å²) in [5, 5.41) is 1.96. The Morgan fingerprint density at radius 1 is 1.04 bits per heavy atom. The zero-order valence-corrected chi connectivity index (χ0v) is 15.5. The lowest BCUT2D eigenvalue weighted by Crippen LogP contribution is -2.46. The van der Waals surface area contributed by atoms with Crippen LogP contribution in [0.25, 0.3) is 10.8 Å². The highest BCUT2D eigenvalue weighted by Gasteiger charge is 2.33. The first-order chi connectivity index (χ1) is 12.5. The Morgan fingerprint density at radius 2 is 1.69 bits per heavy atom. The van der Waals surface area contributed by atoms with Gasteiger partial charge in [-0.15, -0.1) is 0 Å². The highest BCUT2D eigenvalue weighted by Crippen LogP contribution is 2.42. The van der Waals surface area contributed by atoms with E-state index >= 15 is 0 Å². The van der Waals surface area contributed by atoms with Crippen molar-refractivity contribution >= 4 is 22.4 Å². The van der Waals surface area contributed by atoms with Gasteiger partial charge in [-0.2, -0.15) is 0 Å². The van der Waals surface area contributed by atoms with E-state index in [2.05, 4.69) is 18.7 Å². The van der Waals surface area contributed by atoms with Crippen LogP contribution in [-0.2, 0) is 16.1 Å². The fourth-order valence-corrected chi connectivity index (χ4v) is 4.01. The van der Waals surface area contributed by atoms with Crippen LogP contribution in [-0.4, -0.2) is 45.5 Å². The summed E-state index contributed by atoms with van der Waals surface area (Å²) in [6.07, 6.45) is 0.171. The molecule has 2 aliphatic heterocycles. The van der Waals surface area contributed by atoms with E-state index < -0.39 is 0 Å². The Balaban J connectivity index is 1.99. The highest BCUT2D eigenvalue weighted by molar-refractivity contribution is 6.10. The molecule has 0 spiro atoms. The molecule has 0 unspecified atom stereocenters. The molecule has 2 aromatic carbocycles. The van der Waals surface area contributed by atoms with Crippen LogP contribution < -0.4 is 14.4 Å². The molecule has 2 aromatic rings. The van der Waals surface area contributed by atoms with Gasteiger partial charge in [-0.1, -0.05) is 0 Å². The number of methoxy groups -OCH3 is 2. The fraction of sp³-hybridized carbons (Fsp3) is 0.450. The summed E-state index contributed by atoms with van der Waals surface area (Å²) < 4.78 is 22.1. The lowest BCUT2D eigenvalue weighted by molar-refractivity contribution is -0.00522. The molecule has 6 nitrogen and oxygen atoms in total. The Labute approximate surface area is 152 Å². The fourth-order valence-electron chi connectivity index (χ4n) is 4.01. The van der Waals surface area contributed by atoms with Gasteiger partial charge in [-0.05, 0) is 37.4 Å². The number of ether oxygens (including phenoxy) is 4. The average molecular weight is 357 g/mol.